The summed E-state index contributed by atoms with van der Waals surface area (Å²) in [5, 5.41) is 9.24. The molecule has 4 rings (SSSR count). The normalized spacial score (nSPS) is 52.2. The Kier molecular flexibility index (Phi) is 1.28. The summed E-state index contributed by atoms with van der Waals surface area (Å²) >= 11 is 0. The van der Waals surface area contributed by atoms with Crippen molar-refractivity contribution in [1.29, 1.82) is 5.26 Å². The van der Waals surface area contributed by atoms with Gasteiger partial charge in [0.05, 0.1) is 11.5 Å². The maximum atomic E-state index is 9.24. The van der Waals surface area contributed by atoms with E-state index in [2.05, 4.69) is 12.6 Å². The zero-order chi connectivity index (χ0) is 9.05. The van der Waals surface area contributed by atoms with Crippen LogP contribution in [0.15, 0.2) is 12.2 Å². The maximum Gasteiger partial charge on any atom is 0.0690 e. The molecule has 2 unspecified atom stereocenters. The van der Waals surface area contributed by atoms with E-state index in [4.69, 9.17) is 0 Å². The zero-order valence-corrected chi connectivity index (χ0v) is 7.92. The SMILES string of the molecule is C=C1[C@@H]2CC3C[C@H]1CC(C#N)(C3)C2. The van der Waals surface area contributed by atoms with Gasteiger partial charge in [0.25, 0.3) is 0 Å². The van der Waals surface area contributed by atoms with Crippen LogP contribution in [0, 0.1) is 34.5 Å². The molecule has 4 aliphatic carbocycles. The monoisotopic (exact) mass is 173 g/mol. The first-order chi connectivity index (χ1) is 6.22. The Balaban J connectivity index is 2.01. The molecule has 0 radical (unpaired) electrons. The lowest BCUT2D eigenvalue weighted by molar-refractivity contribution is 0.0251. The fraction of sp³-hybridized carbons (Fsp3) is 0.750. The first-order valence-electron chi connectivity index (χ1n) is 5.32. The molecule has 0 saturated heterocycles. The van der Waals surface area contributed by atoms with Gasteiger partial charge in [-0.15, -0.1) is 0 Å². The number of hydrogen-bond donors (Lipinski definition) is 0. The van der Waals surface area contributed by atoms with Gasteiger partial charge in [0, 0.05) is 0 Å². The minimum Gasteiger partial charge on any atom is -0.198 e. The number of allylic oxidation sites excluding steroid dienone is 1. The highest BCUT2D eigenvalue weighted by atomic mass is 14.6. The van der Waals surface area contributed by atoms with Gasteiger partial charge in [0.2, 0.25) is 0 Å². The van der Waals surface area contributed by atoms with Crippen molar-refractivity contribution in [2.24, 2.45) is 23.2 Å². The second kappa shape index (κ2) is 2.18. The van der Waals surface area contributed by atoms with E-state index in [-0.39, 0.29) is 5.41 Å². The highest BCUT2D eigenvalue weighted by Gasteiger charge is 2.52. The van der Waals surface area contributed by atoms with E-state index in [9.17, 15) is 5.26 Å². The molecular formula is C12H15N. The third-order valence-corrected chi connectivity index (χ3v) is 4.48. The summed E-state index contributed by atoms with van der Waals surface area (Å²) in [6.45, 7) is 4.21. The molecular weight excluding hydrogens is 158 g/mol. The maximum absolute atomic E-state index is 9.24. The molecule has 0 amide bonds. The van der Waals surface area contributed by atoms with Gasteiger partial charge >= 0.3 is 0 Å². The van der Waals surface area contributed by atoms with Crippen LogP contribution in [0.1, 0.15) is 32.1 Å². The van der Waals surface area contributed by atoms with Crippen LogP contribution in [0.25, 0.3) is 0 Å². The smallest absolute Gasteiger partial charge is 0.0690 e. The number of nitriles is 1. The van der Waals surface area contributed by atoms with Crippen LogP contribution in [-0.2, 0) is 0 Å². The van der Waals surface area contributed by atoms with Gasteiger partial charge in [0.15, 0.2) is 0 Å². The first kappa shape index (κ1) is 7.62. The fourth-order valence-corrected chi connectivity index (χ4v) is 4.02. The van der Waals surface area contributed by atoms with Gasteiger partial charge in [0.1, 0.15) is 0 Å². The number of hydrogen-bond acceptors (Lipinski definition) is 1. The summed E-state index contributed by atoms with van der Waals surface area (Å²) in [5.74, 6) is 2.25. The molecule has 4 atom stereocenters. The Morgan fingerprint density at radius 3 is 2.38 bits per heavy atom. The first-order valence-corrected chi connectivity index (χ1v) is 5.32. The summed E-state index contributed by atoms with van der Waals surface area (Å²) in [4.78, 5) is 0. The van der Waals surface area contributed by atoms with E-state index in [1.165, 1.54) is 24.8 Å². The standard InChI is InChI=1S/C12H15N/c1-8-10-2-9-3-11(8)6-12(4-9,5-10)7-13/h9-11H,1-6H2/t9?,10-,11+,12?. The van der Waals surface area contributed by atoms with Gasteiger partial charge in [-0.25, -0.2) is 0 Å². The van der Waals surface area contributed by atoms with Crippen molar-refractivity contribution in [2.45, 2.75) is 32.1 Å². The lowest BCUT2D eigenvalue weighted by Gasteiger charge is -2.54. The summed E-state index contributed by atoms with van der Waals surface area (Å²) < 4.78 is 0. The highest BCUT2D eigenvalue weighted by Crippen LogP contribution is 2.61. The second-order valence-corrected chi connectivity index (χ2v) is 5.31. The Hall–Kier alpha value is -0.770. The summed E-state index contributed by atoms with van der Waals surface area (Å²) in [5.41, 5.74) is 1.54. The summed E-state index contributed by atoms with van der Waals surface area (Å²) in [7, 11) is 0. The molecule has 4 saturated carbocycles. The van der Waals surface area contributed by atoms with Crippen molar-refractivity contribution >= 4 is 0 Å². The molecule has 0 aromatic carbocycles. The Morgan fingerprint density at radius 1 is 1.23 bits per heavy atom. The average molecular weight is 173 g/mol. The van der Waals surface area contributed by atoms with Crippen LogP contribution in [-0.4, -0.2) is 0 Å². The zero-order valence-electron chi connectivity index (χ0n) is 7.92. The molecule has 1 heteroatoms. The van der Waals surface area contributed by atoms with Crippen molar-refractivity contribution in [3.8, 4) is 6.07 Å². The van der Waals surface area contributed by atoms with E-state index in [1.807, 2.05) is 0 Å². The molecule has 0 heterocycles. The van der Waals surface area contributed by atoms with E-state index in [0.29, 0.717) is 11.8 Å². The molecule has 4 aliphatic rings. The number of nitrogens with zero attached hydrogens (tertiary/aromatic N) is 1. The van der Waals surface area contributed by atoms with Crippen molar-refractivity contribution in [3.63, 3.8) is 0 Å². The van der Waals surface area contributed by atoms with Crippen molar-refractivity contribution in [1.82, 2.24) is 0 Å². The minimum absolute atomic E-state index is 0.0672. The molecule has 1 nitrogen and oxygen atoms in total. The van der Waals surface area contributed by atoms with Gasteiger partial charge in [-0.2, -0.15) is 5.26 Å². The van der Waals surface area contributed by atoms with Crippen LogP contribution in [0.2, 0.25) is 0 Å². The summed E-state index contributed by atoms with van der Waals surface area (Å²) in [6, 6.07) is 2.59. The van der Waals surface area contributed by atoms with Crippen molar-refractivity contribution < 1.29 is 0 Å². The Morgan fingerprint density at radius 2 is 1.85 bits per heavy atom. The lowest BCUT2D eigenvalue weighted by Crippen LogP contribution is -2.46. The van der Waals surface area contributed by atoms with Crippen LogP contribution in [0.5, 0.6) is 0 Å². The van der Waals surface area contributed by atoms with Gasteiger partial charge in [-0.3, -0.25) is 0 Å². The second-order valence-electron chi connectivity index (χ2n) is 5.31. The van der Waals surface area contributed by atoms with Crippen LogP contribution >= 0.6 is 0 Å². The Labute approximate surface area is 79.4 Å². The van der Waals surface area contributed by atoms with Crippen molar-refractivity contribution in [3.05, 3.63) is 12.2 Å². The molecule has 0 aliphatic heterocycles. The largest absolute Gasteiger partial charge is 0.198 e. The highest BCUT2D eigenvalue weighted by molar-refractivity contribution is 5.23. The number of rotatable bonds is 0. The summed E-state index contributed by atoms with van der Waals surface area (Å²) in [6.07, 6.45) is 6.09. The third-order valence-electron chi connectivity index (χ3n) is 4.48. The Bertz CT molecular complexity index is 292. The minimum atomic E-state index is 0.0672. The molecule has 0 N–H and O–H groups in total. The van der Waals surface area contributed by atoms with Crippen LogP contribution < -0.4 is 0 Å². The quantitative estimate of drug-likeness (QED) is 0.517. The molecule has 0 aromatic rings. The average Bonchev–Trinajstić information content (AvgIpc) is 2.13. The molecule has 4 bridgehead atoms. The molecule has 13 heavy (non-hydrogen) atoms. The topological polar surface area (TPSA) is 23.8 Å². The van der Waals surface area contributed by atoms with E-state index in [0.717, 1.165) is 18.8 Å². The van der Waals surface area contributed by atoms with E-state index in [1.54, 1.807) is 0 Å². The molecule has 68 valence electrons. The van der Waals surface area contributed by atoms with Crippen molar-refractivity contribution in [2.75, 3.05) is 0 Å². The molecule has 4 fully saturated rings. The fourth-order valence-electron chi connectivity index (χ4n) is 4.02. The van der Waals surface area contributed by atoms with E-state index >= 15 is 0 Å². The molecule has 0 aromatic heterocycles. The van der Waals surface area contributed by atoms with Crippen LogP contribution in [0.3, 0.4) is 0 Å². The predicted molar refractivity (Wildman–Crippen MR) is 50.7 cm³/mol. The predicted octanol–water partition coefficient (Wildman–Crippen LogP) is 2.89. The lowest BCUT2D eigenvalue weighted by atomic mass is 9.49. The van der Waals surface area contributed by atoms with Gasteiger partial charge in [-0.1, -0.05) is 12.2 Å². The third kappa shape index (κ3) is 0.866. The molecule has 0 spiro atoms. The van der Waals surface area contributed by atoms with Crippen LogP contribution in [0.4, 0.5) is 0 Å². The van der Waals surface area contributed by atoms with E-state index < -0.39 is 0 Å². The van der Waals surface area contributed by atoms with Gasteiger partial charge < -0.3 is 0 Å². The van der Waals surface area contributed by atoms with Gasteiger partial charge in [-0.05, 0) is 49.9 Å².